The summed E-state index contributed by atoms with van der Waals surface area (Å²) in [7, 11) is 2.62. The summed E-state index contributed by atoms with van der Waals surface area (Å²) in [6, 6.07) is 17.8. The van der Waals surface area contributed by atoms with Crippen LogP contribution in [-0.4, -0.2) is 35.9 Å². The smallest absolute Gasteiger partial charge is 0.333 e. The van der Waals surface area contributed by atoms with Gasteiger partial charge in [0.05, 0.1) is 25.2 Å². The Morgan fingerprint density at radius 2 is 1.74 bits per heavy atom. The second-order valence-electron chi connectivity index (χ2n) is 7.61. The van der Waals surface area contributed by atoms with E-state index in [2.05, 4.69) is 0 Å². The molecule has 1 heterocycles. The highest BCUT2D eigenvalue weighted by molar-refractivity contribution is 6.01. The van der Waals surface area contributed by atoms with E-state index < -0.39 is 28.5 Å². The quantitative estimate of drug-likeness (QED) is 0.296. The molecule has 9 nitrogen and oxygen atoms in total. The van der Waals surface area contributed by atoms with Gasteiger partial charge in [0.1, 0.15) is 12.2 Å². The van der Waals surface area contributed by atoms with Crippen molar-refractivity contribution in [1.82, 2.24) is 4.90 Å². The minimum absolute atomic E-state index is 0.112. The molecular formula is C25H22N2O7. The Kier molecular flexibility index (Phi) is 6.44. The molecular weight excluding hydrogens is 440 g/mol. The standard InChI is InChI=1S/C25H22N2O7/c1-32-21-12-19(20(27(30)31)13-22(21)34-15-16-8-4-3-5-9-16)24(28)26-14-17-10-6-7-11-18(17)23(26)25(29)33-2/h3-13,23H,14-15H2,1-2H3. The van der Waals surface area contributed by atoms with Crippen molar-refractivity contribution >= 4 is 17.6 Å². The Bertz CT molecular complexity index is 1240. The first-order valence-electron chi connectivity index (χ1n) is 10.4. The molecule has 0 spiro atoms. The number of carbonyl (C=O) groups excluding carboxylic acids is 2. The monoisotopic (exact) mass is 462 g/mol. The third-order valence-electron chi connectivity index (χ3n) is 5.63. The number of fused-ring (bicyclic) bond motifs is 1. The molecule has 0 bridgehead atoms. The summed E-state index contributed by atoms with van der Waals surface area (Å²) in [4.78, 5) is 38.6. The summed E-state index contributed by atoms with van der Waals surface area (Å²) in [6.45, 7) is 0.272. The van der Waals surface area contributed by atoms with Gasteiger partial charge in [0.15, 0.2) is 17.5 Å². The second-order valence-corrected chi connectivity index (χ2v) is 7.61. The van der Waals surface area contributed by atoms with Crippen LogP contribution in [0.25, 0.3) is 0 Å². The lowest BCUT2D eigenvalue weighted by Crippen LogP contribution is -2.35. The number of esters is 1. The lowest BCUT2D eigenvalue weighted by Gasteiger charge is -2.23. The first-order valence-corrected chi connectivity index (χ1v) is 10.4. The van der Waals surface area contributed by atoms with E-state index in [-0.39, 0.29) is 30.2 Å². The first-order chi connectivity index (χ1) is 16.4. The van der Waals surface area contributed by atoms with E-state index in [9.17, 15) is 19.7 Å². The van der Waals surface area contributed by atoms with Gasteiger partial charge in [-0.05, 0) is 16.7 Å². The number of hydrogen-bond acceptors (Lipinski definition) is 7. The number of nitro groups is 1. The normalized spacial score (nSPS) is 14.3. The van der Waals surface area contributed by atoms with E-state index in [0.29, 0.717) is 5.56 Å². The molecule has 0 aliphatic carbocycles. The van der Waals surface area contributed by atoms with Gasteiger partial charge in [0.25, 0.3) is 11.6 Å². The summed E-state index contributed by atoms with van der Waals surface area (Å²) in [5.41, 5.74) is 1.59. The summed E-state index contributed by atoms with van der Waals surface area (Å²) >= 11 is 0. The zero-order valence-corrected chi connectivity index (χ0v) is 18.6. The molecule has 0 fully saturated rings. The van der Waals surface area contributed by atoms with E-state index in [4.69, 9.17) is 14.2 Å². The second kappa shape index (κ2) is 9.62. The van der Waals surface area contributed by atoms with Gasteiger partial charge in [0.2, 0.25) is 0 Å². The summed E-state index contributed by atoms with van der Waals surface area (Å²) in [5.74, 6) is -1.03. The van der Waals surface area contributed by atoms with E-state index in [1.54, 1.807) is 24.3 Å². The van der Waals surface area contributed by atoms with Gasteiger partial charge in [-0.1, -0.05) is 54.6 Å². The number of hydrogen-bond donors (Lipinski definition) is 0. The molecule has 174 valence electrons. The van der Waals surface area contributed by atoms with Crippen molar-refractivity contribution in [2.24, 2.45) is 0 Å². The van der Waals surface area contributed by atoms with E-state index in [1.165, 1.54) is 31.3 Å². The molecule has 3 aromatic rings. The van der Waals surface area contributed by atoms with Crippen molar-refractivity contribution in [2.45, 2.75) is 19.2 Å². The fourth-order valence-electron chi connectivity index (χ4n) is 3.98. The van der Waals surface area contributed by atoms with Crippen LogP contribution in [0.15, 0.2) is 66.7 Å². The van der Waals surface area contributed by atoms with Crippen molar-refractivity contribution in [2.75, 3.05) is 14.2 Å². The molecule has 0 saturated heterocycles. The van der Waals surface area contributed by atoms with Crippen LogP contribution < -0.4 is 9.47 Å². The molecule has 4 rings (SSSR count). The van der Waals surface area contributed by atoms with Crippen LogP contribution in [0.3, 0.4) is 0 Å². The molecule has 1 atom stereocenters. The van der Waals surface area contributed by atoms with Crippen molar-refractivity contribution in [3.8, 4) is 11.5 Å². The fraction of sp³-hybridized carbons (Fsp3) is 0.200. The van der Waals surface area contributed by atoms with Gasteiger partial charge in [0, 0.05) is 12.6 Å². The van der Waals surface area contributed by atoms with Crippen LogP contribution in [-0.2, 0) is 22.7 Å². The molecule has 0 aromatic heterocycles. The Hall–Kier alpha value is -4.40. The number of methoxy groups -OCH3 is 2. The molecule has 0 radical (unpaired) electrons. The zero-order chi connectivity index (χ0) is 24.2. The van der Waals surface area contributed by atoms with Crippen LogP contribution in [0, 0.1) is 10.1 Å². The van der Waals surface area contributed by atoms with Crippen LogP contribution in [0.1, 0.15) is 33.1 Å². The summed E-state index contributed by atoms with van der Waals surface area (Å²) in [5, 5.41) is 11.9. The van der Waals surface area contributed by atoms with E-state index in [0.717, 1.165) is 11.1 Å². The average Bonchev–Trinajstić information content (AvgIpc) is 3.26. The Morgan fingerprint density at radius 3 is 2.41 bits per heavy atom. The number of nitro benzene ring substituents is 1. The van der Waals surface area contributed by atoms with Gasteiger partial charge in [-0.25, -0.2) is 4.79 Å². The molecule has 0 N–H and O–H groups in total. The van der Waals surface area contributed by atoms with Crippen molar-refractivity contribution in [3.63, 3.8) is 0 Å². The highest BCUT2D eigenvalue weighted by Crippen LogP contribution is 2.40. The van der Waals surface area contributed by atoms with Crippen molar-refractivity contribution in [1.29, 1.82) is 0 Å². The topological polar surface area (TPSA) is 108 Å². The molecule has 0 saturated carbocycles. The lowest BCUT2D eigenvalue weighted by atomic mass is 10.0. The third kappa shape index (κ3) is 4.27. The molecule has 1 aliphatic heterocycles. The predicted molar refractivity (Wildman–Crippen MR) is 121 cm³/mol. The maximum atomic E-state index is 13.5. The Morgan fingerprint density at radius 1 is 1.03 bits per heavy atom. The third-order valence-corrected chi connectivity index (χ3v) is 5.63. The largest absolute Gasteiger partial charge is 0.493 e. The van der Waals surface area contributed by atoms with Crippen LogP contribution in [0.4, 0.5) is 5.69 Å². The lowest BCUT2D eigenvalue weighted by molar-refractivity contribution is -0.385. The van der Waals surface area contributed by atoms with Gasteiger partial charge >= 0.3 is 5.97 Å². The number of carbonyl (C=O) groups is 2. The van der Waals surface area contributed by atoms with Gasteiger partial charge < -0.3 is 19.1 Å². The minimum atomic E-state index is -1.01. The highest BCUT2D eigenvalue weighted by atomic mass is 16.6. The van der Waals surface area contributed by atoms with Crippen LogP contribution in [0.2, 0.25) is 0 Å². The predicted octanol–water partition coefficient (Wildman–Crippen LogP) is 4.05. The Labute approximate surface area is 195 Å². The average molecular weight is 462 g/mol. The molecule has 9 heteroatoms. The summed E-state index contributed by atoms with van der Waals surface area (Å²) < 4.78 is 16.0. The molecule has 34 heavy (non-hydrogen) atoms. The summed E-state index contributed by atoms with van der Waals surface area (Å²) in [6.07, 6.45) is 0. The van der Waals surface area contributed by atoms with Gasteiger partial charge in [-0.15, -0.1) is 0 Å². The molecule has 1 unspecified atom stereocenters. The first kappa shape index (κ1) is 22.8. The Balaban J connectivity index is 1.71. The van der Waals surface area contributed by atoms with Crippen molar-refractivity contribution in [3.05, 3.63) is 99.1 Å². The van der Waals surface area contributed by atoms with Gasteiger partial charge in [-0.3, -0.25) is 14.9 Å². The zero-order valence-electron chi connectivity index (χ0n) is 18.6. The molecule has 3 aromatic carbocycles. The number of benzene rings is 3. The SMILES string of the molecule is COC(=O)C1c2ccccc2CN1C(=O)c1cc(OC)c(OCc2ccccc2)cc1[N+](=O)[O-]. The molecule has 1 aliphatic rings. The van der Waals surface area contributed by atoms with Crippen LogP contribution in [0.5, 0.6) is 11.5 Å². The number of nitrogens with zero attached hydrogens (tertiary/aromatic N) is 2. The highest BCUT2D eigenvalue weighted by Gasteiger charge is 2.41. The minimum Gasteiger partial charge on any atom is -0.493 e. The number of ether oxygens (including phenoxy) is 3. The fourth-order valence-corrected chi connectivity index (χ4v) is 3.98. The van der Waals surface area contributed by atoms with Gasteiger partial charge in [-0.2, -0.15) is 0 Å². The molecule has 1 amide bonds. The number of amides is 1. The maximum Gasteiger partial charge on any atom is 0.333 e. The van der Waals surface area contributed by atoms with Crippen molar-refractivity contribution < 1.29 is 28.7 Å². The van der Waals surface area contributed by atoms with Crippen LogP contribution >= 0.6 is 0 Å². The number of rotatable bonds is 7. The van der Waals surface area contributed by atoms with E-state index in [1.807, 2.05) is 30.3 Å². The maximum absolute atomic E-state index is 13.5. The van der Waals surface area contributed by atoms with E-state index >= 15 is 0 Å².